The molecule has 8 aromatic rings. The van der Waals surface area contributed by atoms with Crippen molar-refractivity contribution in [3.8, 4) is 0 Å². The van der Waals surface area contributed by atoms with E-state index >= 15 is 0 Å². The quantitative estimate of drug-likeness (QED) is 0.0784. The molecule has 6 aliphatic carbocycles. The zero-order chi connectivity index (χ0) is 64.6. The van der Waals surface area contributed by atoms with Crippen LogP contribution < -0.4 is 46.6 Å². The Morgan fingerprint density at radius 3 is 1.48 bits per heavy atom. The van der Waals surface area contributed by atoms with Crippen molar-refractivity contribution in [1.82, 2.24) is 80.0 Å². The topological polar surface area (TPSA) is 284 Å². The number of hydrogen-bond acceptors (Lipinski definition) is 23. The fourth-order valence-electron chi connectivity index (χ4n) is 17.2. The minimum Gasteiger partial charge on any atom is -0.368 e. The van der Waals surface area contributed by atoms with Crippen LogP contribution in [0.3, 0.4) is 0 Å². The molecule has 25 heteroatoms. The molecule has 3 saturated heterocycles. The largest absolute Gasteiger partial charge is 0.368 e. The Balaban J connectivity index is 0.000000113. The second-order valence-corrected chi connectivity index (χ2v) is 28.0. The predicted octanol–water partition coefficient (Wildman–Crippen LogP) is 9.51. The van der Waals surface area contributed by atoms with E-state index in [1.165, 1.54) is 76.2 Å². The van der Waals surface area contributed by atoms with Crippen molar-refractivity contribution in [1.29, 1.82) is 0 Å². The van der Waals surface area contributed by atoms with Crippen molar-refractivity contribution in [2.24, 2.45) is 5.41 Å². The number of anilines is 9. The highest BCUT2D eigenvalue weighted by molar-refractivity contribution is 6.07. The predicted molar refractivity (Wildman–Crippen MR) is 369 cm³/mol. The molecule has 3 saturated carbocycles. The van der Waals surface area contributed by atoms with Gasteiger partial charge in [-0.1, -0.05) is 57.8 Å². The number of pyridine rings is 3. The Labute approximate surface area is 558 Å². The third kappa shape index (κ3) is 12.2. The van der Waals surface area contributed by atoms with Gasteiger partial charge in [-0.05, 0) is 105 Å². The summed E-state index contributed by atoms with van der Waals surface area (Å²) in [5, 5.41) is 24.5. The zero-order valence-corrected chi connectivity index (χ0v) is 54.8. The number of rotatable bonds is 9. The average molecular weight is 1300 g/mol. The average Bonchev–Trinajstić information content (AvgIpc) is 1.54. The van der Waals surface area contributed by atoms with Gasteiger partial charge in [0.15, 0.2) is 34.5 Å². The number of carbonyl (C=O) groups excluding carboxylic acids is 3. The number of imidazole rings is 1. The highest BCUT2D eigenvalue weighted by Crippen LogP contribution is 2.57. The number of fused-ring (bicyclic) bond motifs is 11. The van der Waals surface area contributed by atoms with Crippen LogP contribution in [0.2, 0.25) is 0 Å². The van der Waals surface area contributed by atoms with Gasteiger partial charge in [0.25, 0.3) is 0 Å². The third-order valence-electron chi connectivity index (χ3n) is 22.2. The van der Waals surface area contributed by atoms with Crippen molar-refractivity contribution < 1.29 is 14.4 Å². The van der Waals surface area contributed by atoms with Crippen LogP contribution in [-0.4, -0.2) is 160 Å². The van der Waals surface area contributed by atoms with E-state index in [9.17, 15) is 14.4 Å². The molecule has 25 nitrogen and oxygen atoms in total. The van der Waals surface area contributed by atoms with Crippen molar-refractivity contribution in [2.75, 3.05) is 109 Å². The molecule has 0 amide bonds. The molecule has 12 heterocycles. The molecule has 0 unspecified atom stereocenters. The van der Waals surface area contributed by atoms with E-state index in [4.69, 9.17) is 15.0 Å². The highest BCUT2D eigenvalue weighted by Gasteiger charge is 2.48. The van der Waals surface area contributed by atoms with Crippen molar-refractivity contribution in [3.05, 3.63) is 108 Å². The van der Waals surface area contributed by atoms with Gasteiger partial charge in [0.05, 0.1) is 47.5 Å². The van der Waals surface area contributed by atoms with Crippen LogP contribution in [-0.2, 0) is 22.2 Å². The van der Waals surface area contributed by atoms with Crippen LogP contribution in [0.1, 0.15) is 173 Å². The third-order valence-corrected chi connectivity index (χ3v) is 22.2. The summed E-state index contributed by atoms with van der Waals surface area (Å²) in [6.45, 7) is 11.9. The standard InChI is InChI=1S/C25H30N6O.2C23H28N8O/c32-20-6-9-25(7-2-1-3-8-25)22-19(20)14-17-15-28-24(30-23(17)22)29-21-5-4-18(16-27-21)31-12-10-26-11-13-31;32-18-6-9-23(7-2-1-3-8-23)31-20-17(27-21(18)31)15-26-22(29-20)28-19-5-4-16(14-25-19)30-12-10-24-11-13-30;32-17-6-9-23(7-2-1-3-8-23)19-20(17)29-31-15-26-22(28-21(19)31)27-18-5-4-16(14-25-18)30-12-10-24-11-13-30/h4-5,15-16,26H,1-3,6-14H2,(H,27,28,29,30);4-5,14-15,24H,1-3,6-13H2,(H,25,26,28,29);4-5,14-15,24H,1-3,6-13H2,(H,25,27,28). The van der Waals surface area contributed by atoms with Crippen LogP contribution in [0.5, 0.6) is 0 Å². The van der Waals surface area contributed by atoms with E-state index in [-0.39, 0.29) is 27.9 Å². The van der Waals surface area contributed by atoms with E-state index in [0.29, 0.717) is 78.0 Å². The molecule has 498 valence electrons. The summed E-state index contributed by atoms with van der Waals surface area (Å²) in [6.07, 6.45) is 34.1. The molecule has 10 aliphatic rings. The lowest BCUT2D eigenvalue weighted by Gasteiger charge is -2.42. The van der Waals surface area contributed by atoms with Crippen molar-refractivity contribution in [2.45, 2.75) is 152 Å². The molecule has 0 aromatic carbocycles. The van der Waals surface area contributed by atoms with Crippen LogP contribution in [0, 0.1) is 5.41 Å². The van der Waals surface area contributed by atoms with Gasteiger partial charge in [-0.2, -0.15) is 15.1 Å². The van der Waals surface area contributed by atoms with Gasteiger partial charge in [-0.3, -0.25) is 19.0 Å². The maximum absolute atomic E-state index is 12.8. The van der Waals surface area contributed by atoms with E-state index in [1.807, 2.05) is 43.0 Å². The van der Waals surface area contributed by atoms with Gasteiger partial charge in [0.1, 0.15) is 35.0 Å². The summed E-state index contributed by atoms with van der Waals surface area (Å²) < 4.78 is 3.82. The number of carbonyl (C=O) groups is 3. The summed E-state index contributed by atoms with van der Waals surface area (Å²) in [6, 6.07) is 12.2. The van der Waals surface area contributed by atoms with Crippen LogP contribution >= 0.6 is 0 Å². The number of piperazine rings is 3. The van der Waals surface area contributed by atoms with E-state index < -0.39 is 0 Å². The molecular weight excluding hydrogens is 1210 g/mol. The minimum absolute atomic E-state index is 0.0259. The van der Waals surface area contributed by atoms with Crippen LogP contribution in [0.15, 0.2) is 79.3 Å². The second kappa shape index (κ2) is 26.6. The molecule has 8 aromatic heterocycles. The maximum atomic E-state index is 12.8. The van der Waals surface area contributed by atoms with E-state index in [2.05, 4.69) is 109 Å². The molecule has 3 spiro atoms. The number of allylic oxidation sites excluding steroid dienone is 2. The molecule has 0 atom stereocenters. The lowest BCUT2D eigenvalue weighted by molar-refractivity contribution is -0.116. The Morgan fingerprint density at radius 1 is 0.427 bits per heavy atom. The molecule has 18 rings (SSSR count). The molecule has 0 radical (unpaired) electrons. The highest BCUT2D eigenvalue weighted by atomic mass is 16.1. The van der Waals surface area contributed by atoms with Gasteiger partial charge in [-0.25, -0.2) is 44.4 Å². The first-order valence-corrected chi connectivity index (χ1v) is 35.4. The minimum atomic E-state index is -0.0366. The van der Waals surface area contributed by atoms with Gasteiger partial charge < -0.3 is 46.6 Å². The van der Waals surface area contributed by atoms with Gasteiger partial charge in [0, 0.05) is 138 Å². The van der Waals surface area contributed by atoms with E-state index in [0.717, 1.165) is 180 Å². The van der Waals surface area contributed by atoms with Crippen LogP contribution in [0.25, 0.3) is 22.4 Å². The number of nitrogens with one attached hydrogen (secondary N) is 6. The molecule has 0 bridgehead atoms. The van der Waals surface area contributed by atoms with E-state index in [1.54, 1.807) is 17.0 Å². The SMILES string of the molecule is O=C1CCC2(CCCCC2)C2=C1Cc1cnc(Nc3ccc(N4CCNCC4)cn3)nc12.O=C1CCC2(CCCCC2)c2c1nn1cnc(Nc3ccc(N4CCNCC4)cn3)nc21.O=C1CCC2(CCCCC2)n2c1nc1cnc(Nc3ccc(N4CCNCC4)cn3)nc12. The van der Waals surface area contributed by atoms with Crippen molar-refractivity contribution in [3.63, 3.8) is 0 Å². The molecule has 6 N–H and O–H groups in total. The lowest BCUT2D eigenvalue weighted by atomic mass is 9.62. The van der Waals surface area contributed by atoms with Crippen molar-refractivity contribution >= 4 is 92.1 Å². The smallest absolute Gasteiger partial charge is 0.231 e. The first-order chi connectivity index (χ1) is 47.2. The van der Waals surface area contributed by atoms with Gasteiger partial charge in [0.2, 0.25) is 17.8 Å². The summed E-state index contributed by atoms with van der Waals surface area (Å²) in [4.78, 5) is 91.4. The molecule has 6 fully saturated rings. The summed E-state index contributed by atoms with van der Waals surface area (Å²) in [5.74, 6) is 4.76. The summed E-state index contributed by atoms with van der Waals surface area (Å²) in [5.41, 5.74) is 11.7. The molecule has 96 heavy (non-hydrogen) atoms. The number of nitrogens with zero attached hydrogens (tertiary/aromatic N) is 16. The monoisotopic (exact) mass is 1290 g/mol. The molecule has 4 aliphatic heterocycles. The Kier molecular flexibility index (Phi) is 17.1. The first-order valence-electron chi connectivity index (χ1n) is 35.4. The first kappa shape index (κ1) is 61.9. The van der Waals surface area contributed by atoms with Gasteiger partial charge >= 0.3 is 0 Å². The number of ketones is 3. The fourth-order valence-corrected chi connectivity index (χ4v) is 17.2. The Hall–Kier alpha value is -8.94. The maximum Gasteiger partial charge on any atom is 0.231 e. The number of aromatic nitrogens is 13. The molecular formula is C71H86N22O3. The summed E-state index contributed by atoms with van der Waals surface area (Å²) >= 11 is 0. The van der Waals surface area contributed by atoms with Crippen LogP contribution in [0.4, 0.5) is 52.4 Å². The Bertz CT molecular complexity index is 4020. The Morgan fingerprint density at radius 2 is 0.917 bits per heavy atom. The second-order valence-electron chi connectivity index (χ2n) is 28.0. The zero-order valence-electron chi connectivity index (χ0n) is 54.8. The number of Topliss-reactive ketones (excluding diaryl/α,β-unsaturated/α-hetero) is 3. The van der Waals surface area contributed by atoms with Gasteiger partial charge in [-0.15, -0.1) is 0 Å². The lowest BCUT2D eigenvalue weighted by Crippen LogP contribution is -2.43. The number of hydrogen-bond donors (Lipinski definition) is 6. The summed E-state index contributed by atoms with van der Waals surface area (Å²) in [7, 11) is 0. The normalized spacial score (nSPS) is 21.0. The fraction of sp³-hybridized carbons (Fsp3) is 0.521.